The predicted molar refractivity (Wildman–Crippen MR) is 51.5 cm³/mol. The molecule has 0 radical (unpaired) electrons. The molecule has 0 aromatic heterocycles. The molecule has 0 fully saturated rings. The van der Waals surface area contributed by atoms with Crippen molar-refractivity contribution in [1.82, 2.24) is 0 Å². The molecule has 0 unspecified atom stereocenters. The summed E-state index contributed by atoms with van der Waals surface area (Å²) >= 11 is 3.19. The maximum atomic E-state index is 8.57. The molecule has 1 rings (SSSR count). The van der Waals surface area contributed by atoms with E-state index < -0.39 is 7.32 Å². The summed E-state index contributed by atoms with van der Waals surface area (Å²) in [6.07, 6.45) is 0. The van der Waals surface area contributed by atoms with Gasteiger partial charge >= 0.3 is 7.32 Å². The Hall–Kier alpha value is -0.715. The molecule has 0 aliphatic rings. The lowest BCUT2D eigenvalue weighted by Crippen LogP contribution is -2.20. The van der Waals surface area contributed by atoms with Gasteiger partial charge in [0, 0.05) is 6.07 Å². The van der Waals surface area contributed by atoms with E-state index in [0.717, 1.165) is 0 Å². The summed E-state index contributed by atoms with van der Waals surface area (Å²) in [5.41, 5.74) is 0. The molecule has 0 spiro atoms. The number of rotatable bonds is 3. The molecule has 0 amide bonds. The first kappa shape index (κ1) is 10.4. The van der Waals surface area contributed by atoms with Crippen LogP contribution in [-0.2, 0) is 0 Å². The predicted octanol–water partition coefficient (Wildman–Crippen LogP) is 0.806. The van der Waals surface area contributed by atoms with E-state index in [1.165, 1.54) is 7.11 Å². The van der Waals surface area contributed by atoms with Crippen LogP contribution in [0, 0.1) is 0 Å². The molecule has 0 atom stereocenters. The van der Waals surface area contributed by atoms with Crippen molar-refractivity contribution in [3.05, 3.63) is 22.7 Å². The third-order valence-corrected chi connectivity index (χ3v) is 2.03. The fourth-order valence-electron chi connectivity index (χ4n) is 0.815. The van der Waals surface area contributed by atoms with Gasteiger partial charge in [-0.15, -0.1) is 0 Å². The lowest BCUT2D eigenvalue weighted by atomic mass is 10.2. The van der Waals surface area contributed by atoms with E-state index in [9.17, 15) is 0 Å². The van der Waals surface area contributed by atoms with Crippen molar-refractivity contribution >= 4 is 23.3 Å². The molecule has 0 aliphatic carbocycles. The second-order valence-corrected chi connectivity index (χ2v) is 3.09. The maximum Gasteiger partial charge on any atom is 0.707 e. The standard InChI is InChI=1S/C7H8BBrO4/c1-12-5-2-3-6(9)7(4-5)13-8(10)11/h2-4,10-11H,1H3. The zero-order valence-electron chi connectivity index (χ0n) is 6.90. The smallest absolute Gasteiger partial charge is 0.511 e. The molecule has 6 heteroatoms. The first-order valence-electron chi connectivity index (χ1n) is 3.50. The molecular formula is C7H8BBrO4. The van der Waals surface area contributed by atoms with Gasteiger partial charge in [-0.2, -0.15) is 0 Å². The number of hydrogen-bond acceptors (Lipinski definition) is 4. The highest BCUT2D eigenvalue weighted by Crippen LogP contribution is 2.29. The molecule has 70 valence electrons. The minimum atomic E-state index is -1.83. The third kappa shape index (κ3) is 2.91. The van der Waals surface area contributed by atoms with Crippen molar-refractivity contribution in [3.63, 3.8) is 0 Å². The highest BCUT2D eigenvalue weighted by molar-refractivity contribution is 9.10. The van der Waals surface area contributed by atoms with E-state index in [1.54, 1.807) is 18.2 Å². The van der Waals surface area contributed by atoms with Gasteiger partial charge in [-0.25, -0.2) is 0 Å². The first-order valence-corrected chi connectivity index (χ1v) is 4.29. The molecule has 0 saturated heterocycles. The highest BCUT2D eigenvalue weighted by Gasteiger charge is 2.13. The Kier molecular flexibility index (Phi) is 3.59. The Morgan fingerprint density at radius 3 is 2.62 bits per heavy atom. The van der Waals surface area contributed by atoms with Gasteiger partial charge in [-0.05, 0) is 28.1 Å². The van der Waals surface area contributed by atoms with E-state index >= 15 is 0 Å². The van der Waals surface area contributed by atoms with E-state index in [0.29, 0.717) is 16.0 Å². The maximum absolute atomic E-state index is 8.57. The Morgan fingerprint density at radius 2 is 2.08 bits per heavy atom. The van der Waals surface area contributed by atoms with E-state index in [4.69, 9.17) is 14.8 Å². The van der Waals surface area contributed by atoms with Crippen LogP contribution in [0.15, 0.2) is 22.7 Å². The number of hydrogen-bond donors (Lipinski definition) is 2. The summed E-state index contributed by atoms with van der Waals surface area (Å²) in [5.74, 6) is 0.896. The number of ether oxygens (including phenoxy) is 1. The number of methoxy groups -OCH3 is 1. The molecule has 0 heterocycles. The Morgan fingerprint density at radius 1 is 1.38 bits per heavy atom. The normalized spacial score (nSPS) is 9.54. The van der Waals surface area contributed by atoms with Crippen LogP contribution in [0.4, 0.5) is 0 Å². The fourth-order valence-corrected chi connectivity index (χ4v) is 1.15. The van der Waals surface area contributed by atoms with Gasteiger partial charge in [-0.3, -0.25) is 0 Å². The summed E-state index contributed by atoms with van der Waals surface area (Å²) < 4.78 is 10.2. The van der Waals surface area contributed by atoms with Gasteiger partial charge in [0.1, 0.15) is 11.5 Å². The molecule has 2 N–H and O–H groups in total. The molecular weight excluding hydrogens is 239 g/mol. The molecule has 0 saturated carbocycles. The fraction of sp³-hybridized carbons (Fsp3) is 0.143. The molecule has 1 aromatic rings. The summed E-state index contributed by atoms with van der Waals surface area (Å²) in [6.45, 7) is 0. The molecule has 0 bridgehead atoms. The van der Waals surface area contributed by atoms with Crippen LogP contribution in [0.2, 0.25) is 0 Å². The first-order chi connectivity index (χ1) is 6.13. The van der Waals surface area contributed by atoms with E-state index in [-0.39, 0.29) is 0 Å². The summed E-state index contributed by atoms with van der Waals surface area (Å²) in [5, 5.41) is 17.1. The lowest BCUT2D eigenvalue weighted by molar-refractivity contribution is 0.286. The van der Waals surface area contributed by atoms with Crippen LogP contribution < -0.4 is 9.39 Å². The van der Waals surface area contributed by atoms with Crippen LogP contribution in [0.1, 0.15) is 0 Å². The van der Waals surface area contributed by atoms with Gasteiger partial charge in [0.05, 0.1) is 11.6 Å². The average Bonchev–Trinajstić information content (AvgIpc) is 2.08. The van der Waals surface area contributed by atoms with Crippen LogP contribution in [0.25, 0.3) is 0 Å². The molecule has 1 aromatic carbocycles. The number of benzene rings is 1. The second-order valence-electron chi connectivity index (χ2n) is 2.24. The monoisotopic (exact) mass is 246 g/mol. The van der Waals surface area contributed by atoms with Crippen molar-refractivity contribution in [2.24, 2.45) is 0 Å². The minimum Gasteiger partial charge on any atom is -0.511 e. The van der Waals surface area contributed by atoms with Gasteiger partial charge < -0.3 is 19.4 Å². The van der Waals surface area contributed by atoms with Gasteiger partial charge in [0.25, 0.3) is 0 Å². The highest BCUT2D eigenvalue weighted by atomic mass is 79.9. The average molecular weight is 247 g/mol. The third-order valence-electron chi connectivity index (χ3n) is 1.37. The van der Waals surface area contributed by atoms with Crippen LogP contribution >= 0.6 is 15.9 Å². The van der Waals surface area contributed by atoms with Crippen molar-refractivity contribution in [1.29, 1.82) is 0 Å². The Balaban J connectivity index is 2.90. The van der Waals surface area contributed by atoms with Crippen LogP contribution in [-0.4, -0.2) is 24.5 Å². The largest absolute Gasteiger partial charge is 0.707 e. The van der Waals surface area contributed by atoms with Crippen molar-refractivity contribution in [2.45, 2.75) is 0 Å². The van der Waals surface area contributed by atoms with Gasteiger partial charge in [0.2, 0.25) is 0 Å². The SMILES string of the molecule is COc1ccc(Br)c(OB(O)O)c1. The minimum absolute atomic E-state index is 0.314. The second kappa shape index (κ2) is 4.50. The molecule has 4 nitrogen and oxygen atoms in total. The lowest BCUT2D eigenvalue weighted by Gasteiger charge is -2.08. The topological polar surface area (TPSA) is 58.9 Å². The van der Waals surface area contributed by atoms with Crippen LogP contribution in [0.3, 0.4) is 0 Å². The van der Waals surface area contributed by atoms with Gasteiger partial charge in [0.15, 0.2) is 0 Å². The summed E-state index contributed by atoms with van der Waals surface area (Å²) in [4.78, 5) is 0. The van der Waals surface area contributed by atoms with Gasteiger partial charge in [-0.1, -0.05) is 0 Å². The number of halogens is 1. The Labute approximate surface area is 84.4 Å². The Bertz CT molecular complexity index is 292. The summed E-state index contributed by atoms with van der Waals surface area (Å²) in [6, 6.07) is 4.96. The van der Waals surface area contributed by atoms with Crippen molar-refractivity contribution < 1.29 is 19.4 Å². The van der Waals surface area contributed by atoms with Crippen LogP contribution in [0.5, 0.6) is 11.5 Å². The van der Waals surface area contributed by atoms with Crippen molar-refractivity contribution in [3.8, 4) is 11.5 Å². The van der Waals surface area contributed by atoms with E-state index in [2.05, 4.69) is 20.6 Å². The zero-order valence-corrected chi connectivity index (χ0v) is 8.48. The quantitative estimate of drug-likeness (QED) is 0.775. The van der Waals surface area contributed by atoms with E-state index in [1.807, 2.05) is 0 Å². The zero-order chi connectivity index (χ0) is 9.84. The molecule has 13 heavy (non-hydrogen) atoms. The molecule has 0 aliphatic heterocycles. The van der Waals surface area contributed by atoms with Crippen molar-refractivity contribution in [2.75, 3.05) is 7.11 Å². The summed E-state index contributed by atoms with van der Waals surface area (Å²) in [7, 11) is -0.314.